The molecule has 0 spiro atoms. The number of halogens is 2. The molecule has 2 aromatic rings. The third kappa shape index (κ3) is 5.64. The minimum atomic E-state index is -1.71. The second kappa shape index (κ2) is 10.9. The second-order valence-electron chi connectivity index (χ2n) is 7.71. The predicted octanol–water partition coefficient (Wildman–Crippen LogP) is 7.42. The number of rotatable bonds is 5. The first-order chi connectivity index (χ1) is 12.4. The van der Waals surface area contributed by atoms with Gasteiger partial charge in [-0.05, 0) is 0 Å². The topological polar surface area (TPSA) is 9.23 Å². The van der Waals surface area contributed by atoms with Crippen molar-refractivity contribution in [3.8, 4) is 16.9 Å². The smallest absolute Gasteiger partial charge is 0.147 e. The van der Waals surface area contributed by atoms with Crippen molar-refractivity contribution in [2.24, 2.45) is 0 Å². The van der Waals surface area contributed by atoms with Gasteiger partial charge in [0.25, 0.3) is 0 Å². The first-order valence-electron chi connectivity index (χ1n) is 9.45. The molecule has 0 bridgehead atoms. The molecule has 0 unspecified atom stereocenters. The van der Waals surface area contributed by atoms with Crippen LogP contribution in [0.25, 0.3) is 11.1 Å². The van der Waals surface area contributed by atoms with Gasteiger partial charge >= 0.3 is 166 Å². The monoisotopic (exact) mass is 469 g/mol. The van der Waals surface area contributed by atoms with Crippen molar-refractivity contribution < 1.29 is 20.8 Å². The van der Waals surface area contributed by atoms with Crippen LogP contribution in [-0.2, 0) is 17.5 Å². The van der Waals surface area contributed by atoms with Gasteiger partial charge in [0, 0.05) is 0 Å². The predicted molar refractivity (Wildman–Crippen MR) is 126 cm³/mol. The Bertz CT molecular complexity index is 875. The molecule has 0 amide bonds. The molecule has 151 valence electrons. The molecule has 3 rings (SSSR count). The minimum absolute atomic E-state index is 0. The average molecular weight is 470 g/mol. The molecule has 0 fully saturated rings. The van der Waals surface area contributed by atoms with Gasteiger partial charge in [-0.2, -0.15) is 0 Å². The van der Waals surface area contributed by atoms with E-state index < -0.39 is 24.2 Å². The van der Waals surface area contributed by atoms with Crippen molar-refractivity contribution in [3.05, 3.63) is 74.7 Å². The molecule has 0 saturated heterocycles. The summed E-state index contributed by atoms with van der Waals surface area (Å²) in [7, 11) is 0. The maximum atomic E-state index is 6.81. The molecular weight excluding hydrogens is 439 g/mol. The molecule has 2 aromatic carbocycles. The van der Waals surface area contributed by atoms with Gasteiger partial charge < -0.3 is 0 Å². The third-order valence-electron chi connectivity index (χ3n) is 5.30. The first-order valence-corrected chi connectivity index (χ1v) is 16.5. The van der Waals surface area contributed by atoms with Gasteiger partial charge in [0.15, 0.2) is 0 Å². The molecule has 0 aromatic heterocycles. The van der Waals surface area contributed by atoms with Crippen LogP contribution >= 0.6 is 24.8 Å². The Morgan fingerprint density at radius 1 is 0.821 bits per heavy atom. The maximum absolute atomic E-state index is 6.81. The summed E-state index contributed by atoms with van der Waals surface area (Å²) in [6.45, 7) is 13.1. The summed E-state index contributed by atoms with van der Waals surface area (Å²) >= 11 is -1.71. The largest absolute Gasteiger partial charge is 0.147 e. The van der Waals surface area contributed by atoms with Crippen LogP contribution < -0.4 is 3.32 Å². The fourth-order valence-electron chi connectivity index (χ4n) is 3.61. The summed E-state index contributed by atoms with van der Waals surface area (Å²) in [5.41, 5.74) is 8.34. The molecule has 0 atom stereocenters. The van der Waals surface area contributed by atoms with Crippen molar-refractivity contribution in [2.75, 3.05) is 0 Å². The molecule has 1 aliphatic rings. The van der Waals surface area contributed by atoms with Gasteiger partial charge in [-0.3, -0.25) is 0 Å². The molecule has 28 heavy (non-hydrogen) atoms. The Morgan fingerprint density at radius 2 is 1.46 bits per heavy atom. The quantitative estimate of drug-likeness (QED) is 0.414. The second-order valence-corrected chi connectivity index (χ2v) is 20.0. The Hall–Kier alpha value is -0.769. The average Bonchev–Trinajstić information content (AvgIpc) is 2.87. The Balaban J connectivity index is 0.00000196. The van der Waals surface area contributed by atoms with E-state index in [-0.39, 0.29) is 24.8 Å². The number of hydrogen-bond acceptors (Lipinski definition) is 1. The standard InChI is InChI=1S/C13H12O.C8H11.C2H7Si.2ClH.Ti/c1-10-7-12(9-13(14)8-10)11-5-3-2-4-6-11;1-6-4-5-7(2)8(6)3;1-3-2;;;/h2-9,14H,1H3;4H2,1-3H3;3H,1-2H3;2*1H;/q;;;;;+1/p-1. The summed E-state index contributed by atoms with van der Waals surface area (Å²) in [6, 6.07) is 17.3. The van der Waals surface area contributed by atoms with Gasteiger partial charge in [0.2, 0.25) is 0 Å². The molecule has 0 N–H and O–H groups in total. The van der Waals surface area contributed by atoms with Crippen LogP contribution in [0.4, 0.5) is 0 Å². The number of allylic oxidation sites excluding steroid dienone is 4. The molecule has 0 saturated carbocycles. The van der Waals surface area contributed by atoms with Gasteiger partial charge in [-0.25, -0.2) is 0 Å². The molecule has 1 nitrogen and oxygen atoms in total. The summed E-state index contributed by atoms with van der Waals surface area (Å²) < 4.78 is 8.48. The zero-order valence-corrected chi connectivity index (χ0v) is 22.0. The van der Waals surface area contributed by atoms with E-state index in [2.05, 4.69) is 89.3 Å². The van der Waals surface area contributed by atoms with E-state index in [0.29, 0.717) is 0 Å². The van der Waals surface area contributed by atoms with E-state index in [0.717, 1.165) is 12.2 Å². The number of hydrogen-bond donors (Lipinski definition) is 0. The van der Waals surface area contributed by atoms with E-state index in [9.17, 15) is 0 Å². The fraction of sp³-hybridized carbons (Fsp3) is 0.304. The summed E-state index contributed by atoms with van der Waals surface area (Å²) in [5, 5.41) is 0. The first kappa shape index (κ1) is 25.3. The van der Waals surface area contributed by atoms with Crippen molar-refractivity contribution in [1.29, 1.82) is 0 Å². The normalized spacial score (nSPS) is 13.4. The Labute approximate surface area is 190 Å². The van der Waals surface area contributed by atoms with E-state index in [1.807, 2.05) is 0 Å². The summed E-state index contributed by atoms with van der Waals surface area (Å²) in [6.07, 6.45) is 1.15. The Morgan fingerprint density at radius 3 is 2.00 bits per heavy atom. The molecule has 0 heterocycles. The summed E-state index contributed by atoms with van der Waals surface area (Å²) in [5.74, 6) is 1.07. The molecule has 0 radical (unpaired) electrons. The van der Waals surface area contributed by atoms with Gasteiger partial charge in [0.05, 0.1) is 0 Å². The van der Waals surface area contributed by atoms with Crippen LogP contribution in [0.15, 0.2) is 69.1 Å². The minimum Gasteiger partial charge on any atom is -0.147 e. The molecule has 0 aliphatic heterocycles. The van der Waals surface area contributed by atoms with Crippen molar-refractivity contribution in [1.82, 2.24) is 0 Å². The van der Waals surface area contributed by atoms with E-state index in [1.165, 1.54) is 33.4 Å². The zero-order chi connectivity index (χ0) is 18.8. The number of benzene rings is 2. The van der Waals surface area contributed by atoms with E-state index in [4.69, 9.17) is 3.32 Å². The Kier molecular flexibility index (Phi) is 9.79. The number of aryl methyl sites for hydroxylation is 1. The van der Waals surface area contributed by atoms with Crippen LogP contribution in [0, 0.1) is 6.92 Å². The van der Waals surface area contributed by atoms with Crippen molar-refractivity contribution >= 4 is 31.5 Å². The van der Waals surface area contributed by atoms with E-state index in [1.54, 1.807) is 3.88 Å². The van der Waals surface area contributed by atoms with Crippen LogP contribution in [0.1, 0.15) is 32.8 Å². The SMILES string of the molecule is CC1=C(C)C(C)=[C]([Ti]([O]c2cc(C)cc(-c3ccccc3)c2)[SiH](C)C)C1.Cl.Cl. The van der Waals surface area contributed by atoms with Gasteiger partial charge in [0.1, 0.15) is 0 Å². The van der Waals surface area contributed by atoms with Crippen LogP contribution in [0.3, 0.4) is 0 Å². The maximum Gasteiger partial charge on any atom is -0.147 e. The molecule has 5 heteroatoms. The van der Waals surface area contributed by atoms with Crippen molar-refractivity contribution in [3.63, 3.8) is 0 Å². The van der Waals surface area contributed by atoms with Gasteiger partial charge in [-0.1, -0.05) is 0 Å². The third-order valence-corrected chi connectivity index (χ3v) is 15.7. The van der Waals surface area contributed by atoms with Crippen molar-refractivity contribution in [2.45, 2.75) is 47.2 Å². The van der Waals surface area contributed by atoms with Gasteiger partial charge in [-0.15, -0.1) is 24.8 Å². The van der Waals surface area contributed by atoms with Crippen LogP contribution in [0.2, 0.25) is 13.1 Å². The van der Waals surface area contributed by atoms with E-state index >= 15 is 0 Å². The summed E-state index contributed by atoms with van der Waals surface area (Å²) in [4.78, 5) is 0. The fourth-order valence-corrected chi connectivity index (χ4v) is 13.1. The van der Waals surface area contributed by atoms with Crippen LogP contribution in [-0.4, -0.2) is 6.66 Å². The molecule has 1 aliphatic carbocycles. The van der Waals surface area contributed by atoms with Crippen LogP contribution in [0.5, 0.6) is 5.75 Å². The molecular formula is C23H31Cl2OSiTi. The zero-order valence-electron chi connectivity index (χ0n) is 17.6.